The van der Waals surface area contributed by atoms with E-state index in [1.54, 1.807) is 25.7 Å². The number of aryl methyl sites for hydroxylation is 1. The second-order valence-corrected chi connectivity index (χ2v) is 6.10. The highest BCUT2D eigenvalue weighted by Gasteiger charge is 2.28. The van der Waals surface area contributed by atoms with Gasteiger partial charge in [-0.25, -0.2) is 0 Å². The van der Waals surface area contributed by atoms with Gasteiger partial charge in [-0.3, -0.25) is 14.8 Å². The summed E-state index contributed by atoms with van der Waals surface area (Å²) in [5, 5.41) is 0. The average molecular weight is 341 g/mol. The van der Waals surface area contributed by atoms with Crippen molar-refractivity contribution in [1.29, 1.82) is 0 Å². The molecule has 1 saturated heterocycles. The number of benzene rings is 1. The van der Waals surface area contributed by atoms with Crippen molar-refractivity contribution in [3.8, 4) is 0 Å². The van der Waals surface area contributed by atoms with Crippen molar-refractivity contribution in [3.63, 3.8) is 0 Å². The molecule has 1 aromatic carbocycles. The maximum atomic E-state index is 13.0. The van der Waals surface area contributed by atoms with E-state index in [9.17, 15) is 4.79 Å². The highest BCUT2D eigenvalue weighted by atomic mass is 16.5. The number of hydrogen-bond acceptors (Lipinski definition) is 5. The zero-order valence-corrected chi connectivity index (χ0v) is 14.4. The first kappa shape index (κ1) is 17.5. The van der Waals surface area contributed by atoms with E-state index in [1.807, 2.05) is 29.2 Å². The third-order valence-corrected chi connectivity index (χ3v) is 4.32. The molecule has 1 amide bonds. The number of amides is 1. The Morgan fingerprint density at radius 3 is 3.12 bits per heavy atom. The molecule has 6 heteroatoms. The molecule has 25 heavy (non-hydrogen) atoms. The van der Waals surface area contributed by atoms with Gasteiger partial charge in [-0.15, -0.1) is 0 Å². The molecule has 6 nitrogen and oxygen atoms in total. The molecule has 1 aliphatic heterocycles. The molecule has 3 rings (SSSR count). The minimum absolute atomic E-state index is 0.0467. The van der Waals surface area contributed by atoms with Gasteiger partial charge in [0.25, 0.3) is 5.91 Å². The third-order valence-electron chi connectivity index (χ3n) is 4.32. The highest BCUT2D eigenvalue weighted by Crippen LogP contribution is 2.17. The van der Waals surface area contributed by atoms with Crippen molar-refractivity contribution in [2.24, 2.45) is 0 Å². The molecule has 1 aromatic heterocycles. The van der Waals surface area contributed by atoms with Crippen LogP contribution in [-0.4, -0.2) is 53.7 Å². The first-order valence-corrected chi connectivity index (χ1v) is 8.49. The number of rotatable bonds is 6. The predicted octanol–water partition coefficient (Wildman–Crippen LogP) is 2.10. The summed E-state index contributed by atoms with van der Waals surface area (Å²) in [5.74, 6) is 0.0467. The first-order chi connectivity index (χ1) is 12.3. The maximum absolute atomic E-state index is 13.0. The minimum atomic E-state index is 0.0467. The van der Waals surface area contributed by atoms with E-state index in [2.05, 4.69) is 9.97 Å². The van der Waals surface area contributed by atoms with Gasteiger partial charge in [0.1, 0.15) is 0 Å². The lowest BCUT2D eigenvalue weighted by atomic mass is 10.0. The molecular formula is C19H23N3O3. The highest BCUT2D eigenvalue weighted by molar-refractivity contribution is 5.94. The van der Waals surface area contributed by atoms with Crippen molar-refractivity contribution < 1.29 is 14.3 Å². The summed E-state index contributed by atoms with van der Waals surface area (Å²) in [4.78, 5) is 23.3. The number of aromatic nitrogens is 2. The Hall–Kier alpha value is -2.31. The normalized spacial score (nSPS) is 17.5. The molecule has 132 valence electrons. The standard InChI is InChI=1S/C19H23N3O3/c1-24-13-15-3-2-4-16(11-15)19(23)22-9-10-25-14-18(22)6-5-17-12-20-7-8-21-17/h2-4,7-8,11-12,18H,5-6,9-10,13-14H2,1H3/t18-/m1/s1. The van der Waals surface area contributed by atoms with Gasteiger partial charge in [0.05, 0.1) is 31.6 Å². The Labute approximate surface area is 147 Å². The van der Waals surface area contributed by atoms with Crippen LogP contribution >= 0.6 is 0 Å². The predicted molar refractivity (Wildman–Crippen MR) is 93.2 cm³/mol. The van der Waals surface area contributed by atoms with Crippen LogP contribution in [-0.2, 0) is 22.5 Å². The van der Waals surface area contributed by atoms with Crippen molar-refractivity contribution >= 4 is 5.91 Å². The lowest BCUT2D eigenvalue weighted by molar-refractivity contribution is -0.00414. The van der Waals surface area contributed by atoms with E-state index in [0.29, 0.717) is 31.9 Å². The minimum Gasteiger partial charge on any atom is -0.380 e. The fourth-order valence-corrected chi connectivity index (χ4v) is 3.06. The topological polar surface area (TPSA) is 64.5 Å². The van der Waals surface area contributed by atoms with E-state index in [-0.39, 0.29) is 11.9 Å². The number of hydrogen-bond donors (Lipinski definition) is 0. The van der Waals surface area contributed by atoms with E-state index in [1.165, 1.54) is 0 Å². The summed E-state index contributed by atoms with van der Waals surface area (Å²) in [6.45, 7) is 2.24. The van der Waals surface area contributed by atoms with Crippen molar-refractivity contribution in [3.05, 3.63) is 59.7 Å². The SMILES string of the molecule is COCc1cccc(C(=O)N2CCOC[C@H]2CCc2cnccn2)c1. The second kappa shape index (κ2) is 8.69. The lowest BCUT2D eigenvalue weighted by Crippen LogP contribution is -2.48. The summed E-state index contributed by atoms with van der Waals surface area (Å²) < 4.78 is 10.8. The average Bonchev–Trinajstić information content (AvgIpc) is 2.67. The quantitative estimate of drug-likeness (QED) is 0.805. The fourth-order valence-electron chi connectivity index (χ4n) is 3.06. The first-order valence-electron chi connectivity index (χ1n) is 8.49. The molecule has 0 unspecified atom stereocenters. The van der Waals surface area contributed by atoms with Crippen LogP contribution in [0.15, 0.2) is 42.9 Å². The molecule has 1 atom stereocenters. The van der Waals surface area contributed by atoms with Crippen LogP contribution in [0, 0.1) is 0 Å². The van der Waals surface area contributed by atoms with E-state index < -0.39 is 0 Å². The van der Waals surface area contributed by atoms with Crippen molar-refractivity contribution in [2.45, 2.75) is 25.5 Å². The summed E-state index contributed by atoms with van der Waals surface area (Å²) in [6.07, 6.45) is 6.70. The largest absolute Gasteiger partial charge is 0.380 e. The van der Waals surface area contributed by atoms with Gasteiger partial charge in [0.2, 0.25) is 0 Å². The van der Waals surface area contributed by atoms with Crippen molar-refractivity contribution in [1.82, 2.24) is 14.9 Å². The van der Waals surface area contributed by atoms with Crippen LogP contribution in [0.1, 0.15) is 28.0 Å². The lowest BCUT2D eigenvalue weighted by Gasteiger charge is -2.35. The molecule has 0 bridgehead atoms. The Morgan fingerprint density at radius 2 is 2.32 bits per heavy atom. The Bertz CT molecular complexity index is 693. The molecule has 0 radical (unpaired) electrons. The maximum Gasteiger partial charge on any atom is 0.254 e. The third kappa shape index (κ3) is 4.61. The van der Waals surface area contributed by atoms with Crippen LogP contribution in [0.4, 0.5) is 0 Å². The van der Waals surface area contributed by atoms with Gasteiger partial charge >= 0.3 is 0 Å². The monoisotopic (exact) mass is 341 g/mol. The van der Waals surface area contributed by atoms with Gasteiger partial charge in [-0.05, 0) is 30.5 Å². The smallest absolute Gasteiger partial charge is 0.254 e. The summed E-state index contributed by atoms with van der Waals surface area (Å²) in [5.41, 5.74) is 2.63. The number of ether oxygens (including phenoxy) is 2. The van der Waals surface area contributed by atoms with Crippen LogP contribution in [0.25, 0.3) is 0 Å². The molecule has 0 aliphatic carbocycles. The van der Waals surface area contributed by atoms with Gasteiger partial charge in [0.15, 0.2) is 0 Å². The Kier molecular flexibility index (Phi) is 6.09. The van der Waals surface area contributed by atoms with Crippen LogP contribution in [0.5, 0.6) is 0 Å². The molecule has 0 spiro atoms. The molecule has 1 fully saturated rings. The Morgan fingerprint density at radius 1 is 1.40 bits per heavy atom. The summed E-state index contributed by atoms with van der Waals surface area (Å²) >= 11 is 0. The van der Waals surface area contributed by atoms with Gasteiger partial charge in [0, 0.05) is 37.8 Å². The molecule has 0 saturated carbocycles. The zero-order valence-electron chi connectivity index (χ0n) is 14.4. The summed E-state index contributed by atoms with van der Waals surface area (Å²) in [6, 6.07) is 7.67. The number of methoxy groups -OCH3 is 1. The van der Waals surface area contributed by atoms with Gasteiger partial charge in [-0.1, -0.05) is 12.1 Å². The van der Waals surface area contributed by atoms with E-state index >= 15 is 0 Å². The number of morpholine rings is 1. The second-order valence-electron chi connectivity index (χ2n) is 6.10. The fraction of sp³-hybridized carbons (Fsp3) is 0.421. The van der Waals surface area contributed by atoms with Gasteiger partial charge in [-0.2, -0.15) is 0 Å². The van der Waals surface area contributed by atoms with E-state index in [0.717, 1.165) is 24.1 Å². The van der Waals surface area contributed by atoms with Crippen molar-refractivity contribution in [2.75, 3.05) is 26.9 Å². The number of nitrogens with zero attached hydrogens (tertiary/aromatic N) is 3. The number of carbonyl (C=O) groups is 1. The van der Waals surface area contributed by atoms with Crippen LogP contribution in [0.3, 0.4) is 0 Å². The molecule has 0 N–H and O–H groups in total. The Balaban J connectivity index is 1.69. The van der Waals surface area contributed by atoms with E-state index in [4.69, 9.17) is 9.47 Å². The molecular weight excluding hydrogens is 318 g/mol. The van der Waals surface area contributed by atoms with Gasteiger partial charge < -0.3 is 14.4 Å². The van der Waals surface area contributed by atoms with Crippen LogP contribution < -0.4 is 0 Å². The molecule has 1 aliphatic rings. The number of carbonyl (C=O) groups excluding carboxylic acids is 1. The molecule has 2 heterocycles. The van der Waals surface area contributed by atoms with Crippen LogP contribution in [0.2, 0.25) is 0 Å². The summed E-state index contributed by atoms with van der Waals surface area (Å²) in [7, 11) is 1.65. The molecule has 2 aromatic rings. The zero-order chi connectivity index (χ0) is 17.5.